The number of rotatable bonds is 17. The van der Waals surface area contributed by atoms with Crippen LogP contribution in [-0.2, 0) is 42.5 Å². The fourth-order valence-electron chi connectivity index (χ4n) is 5.44. The van der Waals surface area contributed by atoms with Crippen molar-refractivity contribution in [1.82, 2.24) is 48.8 Å². The maximum Gasteiger partial charge on any atom is 0.374 e. The first-order valence-electron chi connectivity index (χ1n) is 17.6. The number of anilines is 4. The number of carbonyl (C=O) groups excluding carboxylic acids is 7. The Kier molecular flexibility index (Phi) is 13.0. The number of aryl methyl sites for hydroxylation is 4. The molecule has 5 aromatic heterocycles. The SMILES string of the molecule is CCOC(=O)c1nc(NC(=O)CCCNC(=O)c2cc(NC(=O)c3nc(NC(=O)CCNC(=O)c4cc(NC(=O)c5nccn5C)cn4C)cn3C)cn2C)c[nH]1. The second-order valence-electron chi connectivity index (χ2n) is 12.6. The predicted molar refractivity (Wildman–Crippen MR) is 203 cm³/mol. The van der Waals surface area contributed by atoms with Crippen molar-refractivity contribution in [2.24, 2.45) is 28.2 Å². The molecule has 22 heteroatoms. The number of aromatic nitrogens is 8. The molecule has 0 saturated carbocycles. The van der Waals surface area contributed by atoms with Gasteiger partial charge in [0.2, 0.25) is 23.5 Å². The third-order valence-electron chi connectivity index (χ3n) is 8.18. The molecule has 0 fully saturated rings. The van der Waals surface area contributed by atoms with Crippen molar-refractivity contribution in [3.05, 3.63) is 78.2 Å². The second-order valence-corrected chi connectivity index (χ2v) is 12.6. The smallest absolute Gasteiger partial charge is 0.374 e. The monoisotopic (exact) mass is 786 g/mol. The Balaban J connectivity index is 1.03. The highest BCUT2D eigenvalue weighted by Gasteiger charge is 2.20. The van der Waals surface area contributed by atoms with E-state index in [0.717, 1.165) is 0 Å². The second kappa shape index (κ2) is 18.2. The highest BCUT2D eigenvalue weighted by molar-refractivity contribution is 6.04. The number of aromatic amines is 1. The van der Waals surface area contributed by atoms with Gasteiger partial charge in [-0.1, -0.05) is 0 Å². The summed E-state index contributed by atoms with van der Waals surface area (Å²) < 4.78 is 10.9. The lowest BCUT2D eigenvalue weighted by molar-refractivity contribution is -0.117. The molecule has 7 N–H and O–H groups in total. The van der Waals surface area contributed by atoms with Crippen LogP contribution in [-0.4, -0.2) is 99.3 Å². The molecule has 0 saturated heterocycles. The molecule has 0 aromatic carbocycles. The van der Waals surface area contributed by atoms with Gasteiger partial charge in [0.05, 0.1) is 18.0 Å². The third-order valence-corrected chi connectivity index (χ3v) is 8.18. The quantitative estimate of drug-likeness (QED) is 0.0519. The number of carbonyl (C=O) groups is 7. The van der Waals surface area contributed by atoms with Gasteiger partial charge in [-0.05, 0) is 25.5 Å². The number of hydrogen-bond acceptors (Lipinski definition) is 11. The van der Waals surface area contributed by atoms with E-state index in [0.29, 0.717) is 17.8 Å². The summed E-state index contributed by atoms with van der Waals surface area (Å²) in [6.45, 7) is 2.03. The van der Waals surface area contributed by atoms with E-state index in [1.165, 1.54) is 44.4 Å². The van der Waals surface area contributed by atoms with Crippen molar-refractivity contribution in [1.29, 1.82) is 0 Å². The third kappa shape index (κ3) is 10.6. The zero-order chi connectivity index (χ0) is 41.2. The summed E-state index contributed by atoms with van der Waals surface area (Å²) in [4.78, 5) is 103. The Labute approximate surface area is 324 Å². The van der Waals surface area contributed by atoms with Crippen molar-refractivity contribution in [3.63, 3.8) is 0 Å². The largest absolute Gasteiger partial charge is 0.460 e. The van der Waals surface area contributed by atoms with E-state index in [1.807, 2.05) is 0 Å². The molecule has 5 rings (SSSR count). The lowest BCUT2D eigenvalue weighted by atomic mass is 10.3. The normalized spacial score (nSPS) is 10.8. The van der Waals surface area contributed by atoms with Crippen LogP contribution in [0.2, 0.25) is 0 Å². The zero-order valence-electron chi connectivity index (χ0n) is 31.8. The zero-order valence-corrected chi connectivity index (χ0v) is 31.8. The number of nitrogens with one attached hydrogen (secondary N) is 7. The van der Waals surface area contributed by atoms with Gasteiger partial charge in [0, 0.05) is 91.3 Å². The van der Waals surface area contributed by atoms with Crippen LogP contribution >= 0.6 is 0 Å². The number of nitrogens with zero attached hydrogens (tertiary/aromatic N) is 7. The van der Waals surface area contributed by atoms with Gasteiger partial charge in [0.15, 0.2) is 17.5 Å². The summed E-state index contributed by atoms with van der Waals surface area (Å²) in [6, 6.07) is 2.98. The standard InChI is InChI=1S/C35H42N14O8/c1-6-57-35(56)28-39-16-24(44-28)42-26(50)8-7-10-37-31(52)22-15-21(18-47(22)3)41-34(55)30-45-25(19-49(30)5)43-27(51)9-11-38-32(53)23-14-20(17-48(23)4)40-33(54)29-36-12-13-46(29)2/h12-19H,6-11H2,1-5H3,(H,37,52)(H,38,53)(H,39,44)(H,40,54)(H,41,55)(H,42,50)(H,43,51). The Hall–Kier alpha value is -7.52. The molecule has 0 aliphatic carbocycles. The van der Waals surface area contributed by atoms with E-state index in [4.69, 9.17) is 4.74 Å². The van der Waals surface area contributed by atoms with Crippen LogP contribution in [0.5, 0.6) is 0 Å². The summed E-state index contributed by atoms with van der Waals surface area (Å²) in [5.74, 6) is -2.94. The maximum absolute atomic E-state index is 13.1. The van der Waals surface area contributed by atoms with Crippen molar-refractivity contribution in [2.75, 3.05) is 41.0 Å². The van der Waals surface area contributed by atoms with Gasteiger partial charge in [-0.3, -0.25) is 28.8 Å². The average Bonchev–Trinajstić information content (AvgIpc) is 4.00. The number of ether oxygens (including phenoxy) is 1. The molecule has 6 amide bonds. The molecule has 0 aliphatic rings. The summed E-state index contributed by atoms with van der Waals surface area (Å²) >= 11 is 0. The topological polar surface area (TPSA) is 275 Å². The van der Waals surface area contributed by atoms with E-state index in [1.54, 1.807) is 58.3 Å². The lowest BCUT2D eigenvalue weighted by Crippen LogP contribution is -2.29. The fraction of sp³-hybridized carbons (Fsp3) is 0.314. The summed E-state index contributed by atoms with van der Waals surface area (Å²) in [5, 5.41) is 16.0. The van der Waals surface area contributed by atoms with Crippen LogP contribution in [0.3, 0.4) is 0 Å². The lowest BCUT2D eigenvalue weighted by Gasteiger charge is -2.06. The molecule has 0 radical (unpaired) electrons. The van der Waals surface area contributed by atoms with Gasteiger partial charge >= 0.3 is 5.97 Å². The minimum absolute atomic E-state index is 0.00335. The average molecular weight is 787 g/mol. The van der Waals surface area contributed by atoms with Crippen LogP contribution in [0.25, 0.3) is 0 Å². The highest BCUT2D eigenvalue weighted by Crippen LogP contribution is 2.17. The van der Waals surface area contributed by atoms with Crippen LogP contribution in [0.1, 0.15) is 79.0 Å². The van der Waals surface area contributed by atoms with Gasteiger partial charge in [0.25, 0.3) is 23.6 Å². The maximum atomic E-state index is 13.1. The number of amides is 6. The molecule has 0 aliphatic heterocycles. The number of H-pyrrole nitrogens is 1. The minimum atomic E-state index is -0.637. The highest BCUT2D eigenvalue weighted by atomic mass is 16.5. The summed E-state index contributed by atoms with van der Waals surface area (Å²) in [5.41, 5.74) is 1.22. The van der Waals surface area contributed by atoms with Gasteiger partial charge in [-0.15, -0.1) is 0 Å². The first-order valence-corrected chi connectivity index (χ1v) is 17.6. The molecule has 57 heavy (non-hydrogen) atoms. The van der Waals surface area contributed by atoms with Gasteiger partial charge in [0.1, 0.15) is 11.4 Å². The summed E-state index contributed by atoms with van der Waals surface area (Å²) in [6.07, 6.45) is 9.39. The Morgan fingerprint density at radius 3 is 1.88 bits per heavy atom. The number of esters is 1. The van der Waals surface area contributed by atoms with Crippen molar-refractivity contribution >= 4 is 64.4 Å². The van der Waals surface area contributed by atoms with E-state index in [9.17, 15) is 33.6 Å². The van der Waals surface area contributed by atoms with Crippen LogP contribution in [0, 0.1) is 0 Å². The molecular formula is C35H42N14O8. The summed E-state index contributed by atoms with van der Waals surface area (Å²) in [7, 11) is 6.54. The van der Waals surface area contributed by atoms with Gasteiger partial charge in [-0.2, -0.15) is 0 Å². The number of hydrogen-bond donors (Lipinski definition) is 7. The molecule has 300 valence electrons. The van der Waals surface area contributed by atoms with Crippen molar-refractivity contribution < 1.29 is 38.3 Å². The Morgan fingerprint density at radius 2 is 1.26 bits per heavy atom. The minimum Gasteiger partial charge on any atom is -0.460 e. The molecule has 0 spiro atoms. The molecule has 5 heterocycles. The van der Waals surface area contributed by atoms with Crippen molar-refractivity contribution in [2.45, 2.75) is 26.2 Å². The van der Waals surface area contributed by atoms with E-state index in [-0.39, 0.29) is 78.9 Å². The Bertz CT molecular complexity index is 2310. The predicted octanol–water partition coefficient (Wildman–Crippen LogP) is 1.14. The molecule has 0 unspecified atom stereocenters. The van der Waals surface area contributed by atoms with Crippen LogP contribution in [0.4, 0.5) is 23.0 Å². The fourth-order valence-corrected chi connectivity index (χ4v) is 5.44. The van der Waals surface area contributed by atoms with E-state index >= 15 is 0 Å². The molecular weight excluding hydrogens is 744 g/mol. The molecule has 0 atom stereocenters. The first kappa shape index (κ1) is 40.7. The molecule has 5 aromatic rings. The van der Waals surface area contributed by atoms with Crippen LogP contribution < -0.4 is 31.9 Å². The first-order chi connectivity index (χ1) is 27.2. The van der Waals surface area contributed by atoms with Crippen LogP contribution in [0.15, 0.2) is 49.3 Å². The Morgan fingerprint density at radius 1 is 0.667 bits per heavy atom. The number of imidazole rings is 3. The van der Waals surface area contributed by atoms with Gasteiger partial charge < -0.3 is 59.9 Å². The molecule has 22 nitrogen and oxygen atoms in total. The van der Waals surface area contributed by atoms with E-state index < -0.39 is 35.5 Å². The molecule has 0 bridgehead atoms. The van der Waals surface area contributed by atoms with Gasteiger partial charge in [-0.25, -0.2) is 19.7 Å². The van der Waals surface area contributed by atoms with E-state index in [2.05, 4.69) is 51.8 Å². The van der Waals surface area contributed by atoms with Crippen molar-refractivity contribution in [3.8, 4) is 0 Å².